The molecule has 0 spiro atoms. The van der Waals surface area contributed by atoms with Gasteiger partial charge in [0.1, 0.15) is 12.4 Å². The molecule has 6 heteroatoms. The first-order chi connectivity index (χ1) is 14.6. The van der Waals surface area contributed by atoms with Crippen LogP contribution >= 0.6 is 0 Å². The van der Waals surface area contributed by atoms with Crippen molar-refractivity contribution >= 4 is 5.91 Å². The van der Waals surface area contributed by atoms with Gasteiger partial charge in [-0.25, -0.2) is 0 Å². The van der Waals surface area contributed by atoms with Crippen molar-refractivity contribution in [2.75, 3.05) is 6.61 Å². The largest absolute Gasteiger partial charge is 0.507 e. The lowest BCUT2D eigenvalue weighted by molar-refractivity contribution is -0.0658. The molecule has 0 saturated heterocycles. The Kier molecular flexibility index (Phi) is 5.21. The van der Waals surface area contributed by atoms with Crippen LogP contribution in [0, 0.1) is 6.92 Å². The quantitative estimate of drug-likeness (QED) is 0.648. The Morgan fingerprint density at radius 3 is 2.71 bits per heavy atom. The summed E-state index contributed by atoms with van der Waals surface area (Å²) in [5, 5.41) is 23.9. The van der Waals surface area contributed by atoms with Crippen LogP contribution < -0.4 is 14.8 Å². The Balaban J connectivity index is 1.87. The van der Waals surface area contributed by atoms with Crippen LogP contribution in [0.4, 0.5) is 0 Å². The summed E-state index contributed by atoms with van der Waals surface area (Å²) < 4.78 is 12.1. The van der Waals surface area contributed by atoms with Gasteiger partial charge in [-0.1, -0.05) is 17.7 Å². The monoisotopic (exact) mass is 423 g/mol. The number of hydrogen-bond acceptors (Lipinski definition) is 5. The lowest BCUT2D eigenvalue weighted by Crippen LogP contribution is -2.46. The smallest absolute Gasteiger partial charge is 0.256 e. The van der Waals surface area contributed by atoms with Crippen LogP contribution in [-0.2, 0) is 6.42 Å². The minimum atomic E-state index is -1.09. The number of phenolic OH excluding ortho intramolecular Hbond substituents is 1. The summed E-state index contributed by atoms with van der Waals surface area (Å²) in [6.45, 7) is 9.62. The van der Waals surface area contributed by atoms with Crippen molar-refractivity contribution < 1.29 is 24.5 Å². The number of rotatable bonds is 4. The molecule has 6 nitrogen and oxygen atoms in total. The molecule has 2 aliphatic heterocycles. The number of phenols is 1. The normalized spacial score (nSPS) is 19.6. The number of aliphatic hydroxyl groups is 1. The van der Waals surface area contributed by atoms with Crippen molar-refractivity contribution in [2.45, 2.75) is 58.8 Å². The first-order valence-corrected chi connectivity index (χ1v) is 10.5. The van der Waals surface area contributed by atoms with E-state index in [0.717, 1.165) is 22.3 Å². The van der Waals surface area contributed by atoms with E-state index in [1.807, 2.05) is 39.0 Å². The molecule has 31 heavy (non-hydrogen) atoms. The maximum atomic E-state index is 12.8. The van der Waals surface area contributed by atoms with E-state index >= 15 is 0 Å². The van der Waals surface area contributed by atoms with Crippen LogP contribution in [0.15, 0.2) is 35.9 Å². The summed E-state index contributed by atoms with van der Waals surface area (Å²) in [6, 6.07) is 6.80. The average molecular weight is 424 g/mol. The van der Waals surface area contributed by atoms with E-state index in [1.165, 1.54) is 5.57 Å². The van der Waals surface area contributed by atoms with Gasteiger partial charge in [0.25, 0.3) is 5.91 Å². The van der Waals surface area contributed by atoms with Gasteiger partial charge in [-0.3, -0.25) is 4.79 Å². The fourth-order valence-corrected chi connectivity index (χ4v) is 4.13. The first-order valence-electron chi connectivity index (χ1n) is 10.5. The molecule has 2 unspecified atom stereocenters. The Labute approximate surface area is 182 Å². The standard InChI is InChI=1S/C25H29NO5/c1-13(2)6-7-15-8-9-17(27)21-20(15)22(26-24(21)28)16-10-14(3)11-18-23(16)31-19(12-30-18)25(4,5)29/h6,8-11,19,22,27,29H,7,12H2,1-5H3,(H,26,28). The second-order valence-corrected chi connectivity index (χ2v) is 9.18. The van der Waals surface area contributed by atoms with Crippen molar-refractivity contribution in [1.82, 2.24) is 5.32 Å². The molecule has 0 fully saturated rings. The number of aryl methyl sites for hydroxylation is 1. The summed E-state index contributed by atoms with van der Waals surface area (Å²) in [5.41, 5.74) is 3.81. The molecule has 1 amide bonds. The number of carbonyl (C=O) groups is 1. The van der Waals surface area contributed by atoms with Gasteiger partial charge in [0.2, 0.25) is 0 Å². The summed E-state index contributed by atoms with van der Waals surface area (Å²) >= 11 is 0. The van der Waals surface area contributed by atoms with E-state index in [0.29, 0.717) is 23.5 Å². The highest BCUT2D eigenvalue weighted by molar-refractivity contribution is 6.02. The zero-order valence-electron chi connectivity index (χ0n) is 18.6. The van der Waals surface area contributed by atoms with E-state index in [9.17, 15) is 15.0 Å². The number of fused-ring (bicyclic) bond motifs is 2. The predicted molar refractivity (Wildman–Crippen MR) is 118 cm³/mol. The number of ether oxygens (including phenoxy) is 2. The van der Waals surface area contributed by atoms with Gasteiger partial charge in [-0.05, 0) is 75.9 Å². The number of nitrogens with one attached hydrogen (secondary N) is 1. The third-order valence-electron chi connectivity index (χ3n) is 5.81. The number of hydrogen-bond donors (Lipinski definition) is 3. The van der Waals surface area contributed by atoms with Crippen LogP contribution in [0.25, 0.3) is 0 Å². The third-order valence-corrected chi connectivity index (χ3v) is 5.81. The summed E-state index contributed by atoms with van der Waals surface area (Å²) in [5.74, 6) is 0.745. The number of allylic oxidation sites excluding steroid dienone is 2. The highest BCUT2D eigenvalue weighted by Crippen LogP contribution is 2.46. The molecule has 2 aliphatic rings. The Morgan fingerprint density at radius 2 is 2.03 bits per heavy atom. The topological polar surface area (TPSA) is 88.0 Å². The van der Waals surface area contributed by atoms with Gasteiger partial charge in [-0.2, -0.15) is 0 Å². The molecule has 2 atom stereocenters. The Morgan fingerprint density at radius 1 is 1.29 bits per heavy atom. The van der Waals surface area contributed by atoms with E-state index < -0.39 is 17.7 Å². The van der Waals surface area contributed by atoms with Crippen molar-refractivity contribution in [3.05, 3.63) is 63.7 Å². The van der Waals surface area contributed by atoms with Crippen LogP contribution in [0.3, 0.4) is 0 Å². The van der Waals surface area contributed by atoms with Crippen molar-refractivity contribution in [3.63, 3.8) is 0 Å². The summed E-state index contributed by atoms with van der Waals surface area (Å²) in [7, 11) is 0. The molecule has 0 aliphatic carbocycles. The van der Waals surface area contributed by atoms with Crippen LogP contribution in [0.5, 0.6) is 17.2 Å². The second-order valence-electron chi connectivity index (χ2n) is 9.18. The van der Waals surface area contributed by atoms with E-state index in [2.05, 4.69) is 11.4 Å². The maximum absolute atomic E-state index is 12.8. The summed E-state index contributed by atoms with van der Waals surface area (Å²) in [6.07, 6.45) is 2.20. The van der Waals surface area contributed by atoms with E-state index in [4.69, 9.17) is 9.47 Å². The molecule has 0 bridgehead atoms. The minimum Gasteiger partial charge on any atom is -0.507 e. The molecule has 0 radical (unpaired) electrons. The molecule has 2 aromatic rings. The fraction of sp³-hybridized carbons (Fsp3) is 0.400. The van der Waals surface area contributed by atoms with E-state index in [1.54, 1.807) is 19.9 Å². The molecular formula is C25H29NO5. The molecule has 0 aromatic heterocycles. The van der Waals surface area contributed by atoms with Crippen molar-refractivity contribution in [1.29, 1.82) is 0 Å². The first kappa shape index (κ1) is 21.2. The van der Waals surface area contributed by atoms with Gasteiger partial charge >= 0.3 is 0 Å². The second kappa shape index (κ2) is 7.61. The third kappa shape index (κ3) is 3.88. The molecular weight excluding hydrogens is 394 g/mol. The average Bonchev–Trinajstić information content (AvgIpc) is 3.04. The number of amides is 1. The van der Waals surface area contributed by atoms with Gasteiger partial charge in [0, 0.05) is 5.56 Å². The molecule has 4 rings (SSSR count). The van der Waals surface area contributed by atoms with Crippen LogP contribution in [0.1, 0.15) is 66.3 Å². The zero-order valence-corrected chi connectivity index (χ0v) is 18.6. The lowest BCUT2D eigenvalue weighted by atomic mass is 9.89. The molecule has 0 saturated carbocycles. The molecule has 164 valence electrons. The van der Waals surface area contributed by atoms with Gasteiger partial charge in [0.15, 0.2) is 17.6 Å². The molecule has 2 heterocycles. The number of aromatic hydroxyl groups is 1. The van der Waals surface area contributed by atoms with Crippen LogP contribution in [-0.4, -0.2) is 34.4 Å². The van der Waals surface area contributed by atoms with Crippen molar-refractivity contribution in [3.8, 4) is 17.2 Å². The van der Waals surface area contributed by atoms with E-state index in [-0.39, 0.29) is 18.3 Å². The highest BCUT2D eigenvalue weighted by Gasteiger charge is 2.40. The van der Waals surface area contributed by atoms with Gasteiger partial charge in [0.05, 0.1) is 17.2 Å². The molecule has 2 aromatic carbocycles. The van der Waals surface area contributed by atoms with Gasteiger partial charge in [-0.15, -0.1) is 0 Å². The number of carbonyl (C=O) groups excluding carboxylic acids is 1. The lowest BCUT2D eigenvalue weighted by Gasteiger charge is -2.35. The van der Waals surface area contributed by atoms with Crippen molar-refractivity contribution in [2.24, 2.45) is 0 Å². The fourth-order valence-electron chi connectivity index (χ4n) is 4.13. The minimum absolute atomic E-state index is 0.0380. The maximum Gasteiger partial charge on any atom is 0.256 e. The highest BCUT2D eigenvalue weighted by atomic mass is 16.6. The van der Waals surface area contributed by atoms with Gasteiger partial charge < -0.3 is 25.0 Å². The SMILES string of the molecule is CC(C)=CCc1ccc(O)c2c1C(c1cc(C)cc3c1OC(C(C)(C)O)CO3)NC2=O. The Hall–Kier alpha value is -2.99. The Bertz CT molecular complexity index is 1080. The zero-order chi connectivity index (χ0) is 22.5. The molecule has 3 N–H and O–H groups in total. The predicted octanol–water partition coefficient (Wildman–Crippen LogP) is 3.95. The summed E-state index contributed by atoms with van der Waals surface area (Å²) in [4.78, 5) is 12.8. The number of benzene rings is 2. The van der Waals surface area contributed by atoms with Crippen LogP contribution in [0.2, 0.25) is 0 Å².